The fraction of sp³-hybridized carbons (Fsp3) is 0.167. The van der Waals surface area contributed by atoms with Crippen LogP contribution in [0.15, 0.2) is 53.4 Å². The van der Waals surface area contributed by atoms with Gasteiger partial charge in [0.1, 0.15) is 17.6 Å². The maximum absolute atomic E-state index is 12.8. The van der Waals surface area contributed by atoms with Crippen molar-refractivity contribution in [3.8, 4) is 11.8 Å². The molecule has 0 fully saturated rings. The number of carbonyl (C=O) groups is 2. The van der Waals surface area contributed by atoms with Gasteiger partial charge in [-0.25, -0.2) is 4.39 Å². The zero-order valence-corrected chi connectivity index (χ0v) is 14.5. The normalized spacial score (nSPS) is 9.85. The number of nitrogens with one attached hydrogen (secondary N) is 2. The summed E-state index contributed by atoms with van der Waals surface area (Å²) in [7, 11) is 0. The minimum Gasteiger partial charge on any atom is -0.482 e. The molecule has 26 heavy (non-hydrogen) atoms. The highest BCUT2D eigenvalue weighted by Crippen LogP contribution is 2.18. The summed E-state index contributed by atoms with van der Waals surface area (Å²) in [4.78, 5) is 24.2. The van der Waals surface area contributed by atoms with Crippen molar-refractivity contribution in [2.45, 2.75) is 11.3 Å². The monoisotopic (exact) mass is 373 g/mol. The average molecular weight is 373 g/mol. The Balaban J connectivity index is 1.64. The molecule has 134 valence electrons. The number of benzene rings is 2. The van der Waals surface area contributed by atoms with Crippen molar-refractivity contribution in [2.24, 2.45) is 0 Å². The van der Waals surface area contributed by atoms with Crippen molar-refractivity contribution in [2.75, 3.05) is 12.4 Å². The molecule has 0 bridgehead atoms. The Bertz CT molecular complexity index is 806. The number of nitrogens with zero attached hydrogens (tertiary/aromatic N) is 1. The minimum atomic E-state index is -0.544. The molecule has 2 rings (SSSR count). The van der Waals surface area contributed by atoms with Crippen molar-refractivity contribution in [1.82, 2.24) is 10.9 Å². The van der Waals surface area contributed by atoms with Gasteiger partial charge in [-0.05, 0) is 36.4 Å². The first kappa shape index (κ1) is 19.3. The van der Waals surface area contributed by atoms with Gasteiger partial charge in [0.2, 0.25) is 5.91 Å². The number of nitriles is 1. The lowest BCUT2D eigenvalue weighted by Gasteiger charge is -2.09. The summed E-state index contributed by atoms with van der Waals surface area (Å²) in [6, 6.07) is 14.5. The molecule has 0 aromatic heterocycles. The maximum atomic E-state index is 12.8. The van der Waals surface area contributed by atoms with Crippen LogP contribution in [-0.4, -0.2) is 24.2 Å². The summed E-state index contributed by atoms with van der Waals surface area (Å²) in [5.74, 6) is -0.427. The lowest BCUT2D eigenvalue weighted by Crippen LogP contribution is -2.43. The van der Waals surface area contributed by atoms with E-state index in [2.05, 4.69) is 10.9 Å². The molecule has 0 aliphatic carbocycles. The van der Waals surface area contributed by atoms with Crippen LogP contribution in [0.3, 0.4) is 0 Å². The van der Waals surface area contributed by atoms with Crippen molar-refractivity contribution >= 4 is 23.6 Å². The number of amides is 2. The first-order valence-electron chi connectivity index (χ1n) is 7.66. The molecule has 0 aliphatic heterocycles. The Labute approximate surface area is 154 Å². The van der Waals surface area contributed by atoms with Crippen LogP contribution in [0.5, 0.6) is 5.75 Å². The highest BCUT2D eigenvalue weighted by atomic mass is 32.2. The van der Waals surface area contributed by atoms with Gasteiger partial charge in [0.05, 0.1) is 5.56 Å². The number of thioether (sulfide) groups is 1. The Morgan fingerprint density at radius 2 is 1.77 bits per heavy atom. The minimum absolute atomic E-state index is 0.181. The van der Waals surface area contributed by atoms with Gasteiger partial charge in [-0.2, -0.15) is 5.26 Å². The number of rotatable bonds is 7. The Kier molecular flexibility index (Phi) is 7.46. The van der Waals surface area contributed by atoms with E-state index in [1.54, 1.807) is 36.4 Å². The standard InChI is InChI=1S/C18H16FN3O3S/c19-14-5-7-15(8-6-14)26-10-9-17(23)21-22-18(24)12-25-16-4-2-1-3-13(16)11-20/h1-8H,9-10,12H2,(H,21,23)(H,22,24). The highest BCUT2D eigenvalue weighted by molar-refractivity contribution is 7.99. The second-order valence-electron chi connectivity index (χ2n) is 5.05. The van der Waals surface area contributed by atoms with Crippen molar-refractivity contribution in [1.29, 1.82) is 5.26 Å². The fourth-order valence-electron chi connectivity index (χ4n) is 1.86. The number of hydrogen-bond donors (Lipinski definition) is 2. The summed E-state index contributed by atoms with van der Waals surface area (Å²) in [5.41, 5.74) is 4.85. The fourth-order valence-corrected chi connectivity index (χ4v) is 2.71. The number of hydrogen-bond acceptors (Lipinski definition) is 5. The van der Waals surface area contributed by atoms with E-state index in [-0.39, 0.29) is 24.8 Å². The van der Waals surface area contributed by atoms with E-state index < -0.39 is 5.91 Å². The molecule has 0 radical (unpaired) electrons. The number of ether oxygens (including phenoxy) is 1. The molecule has 6 nitrogen and oxygen atoms in total. The van der Waals surface area contributed by atoms with Crippen LogP contribution in [0.2, 0.25) is 0 Å². The molecule has 0 heterocycles. The van der Waals surface area contributed by atoms with Gasteiger partial charge in [0, 0.05) is 17.1 Å². The van der Waals surface area contributed by atoms with E-state index in [0.29, 0.717) is 17.1 Å². The third-order valence-corrected chi connectivity index (χ3v) is 4.13. The summed E-state index contributed by atoms with van der Waals surface area (Å²) in [6.07, 6.45) is 0.181. The first-order chi connectivity index (χ1) is 12.6. The molecule has 0 unspecified atom stereocenters. The first-order valence-corrected chi connectivity index (χ1v) is 8.65. The number of hydrazine groups is 1. The van der Waals surface area contributed by atoms with Gasteiger partial charge in [0.25, 0.3) is 5.91 Å². The molecular formula is C18H16FN3O3S. The predicted octanol–water partition coefficient (Wildman–Crippen LogP) is 2.41. The van der Waals surface area contributed by atoms with Gasteiger partial charge in [-0.1, -0.05) is 12.1 Å². The molecule has 8 heteroatoms. The van der Waals surface area contributed by atoms with Crippen molar-refractivity contribution < 1.29 is 18.7 Å². The average Bonchev–Trinajstić information content (AvgIpc) is 2.66. The van der Waals surface area contributed by atoms with E-state index in [1.165, 1.54) is 23.9 Å². The summed E-state index contributed by atoms with van der Waals surface area (Å²) >= 11 is 1.41. The van der Waals surface area contributed by atoms with Crippen molar-refractivity contribution in [3.05, 3.63) is 59.9 Å². The third-order valence-electron chi connectivity index (χ3n) is 3.12. The van der Waals surface area contributed by atoms with E-state index >= 15 is 0 Å². The van der Waals surface area contributed by atoms with Crippen LogP contribution >= 0.6 is 11.8 Å². The zero-order valence-electron chi connectivity index (χ0n) is 13.7. The van der Waals surface area contributed by atoms with Crippen LogP contribution in [0, 0.1) is 17.1 Å². The highest BCUT2D eigenvalue weighted by Gasteiger charge is 2.08. The van der Waals surface area contributed by atoms with Gasteiger partial charge in [-0.3, -0.25) is 20.4 Å². The molecule has 2 aromatic rings. The molecule has 0 aliphatic rings. The van der Waals surface area contributed by atoms with Gasteiger partial charge < -0.3 is 4.74 Å². The molecular weight excluding hydrogens is 357 g/mol. The third kappa shape index (κ3) is 6.45. The number of para-hydroxylation sites is 1. The van der Waals surface area contributed by atoms with Crippen LogP contribution in [0.25, 0.3) is 0 Å². The summed E-state index contributed by atoms with van der Waals surface area (Å²) in [6.45, 7) is -0.330. The Hall–Kier alpha value is -3.05. The van der Waals surface area contributed by atoms with E-state index in [4.69, 9.17) is 10.00 Å². The lowest BCUT2D eigenvalue weighted by molar-refractivity contribution is -0.129. The van der Waals surface area contributed by atoms with Gasteiger partial charge >= 0.3 is 0 Å². The molecule has 0 saturated carbocycles. The second-order valence-corrected chi connectivity index (χ2v) is 6.21. The zero-order chi connectivity index (χ0) is 18.8. The Morgan fingerprint density at radius 3 is 2.50 bits per heavy atom. The molecule has 0 spiro atoms. The largest absolute Gasteiger partial charge is 0.482 e. The quantitative estimate of drug-likeness (QED) is 0.574. The molecule has 0 saturated heterocycles. The van der Waals surface area contributed by atoms with Crippen LogP contribution in [0.1, 0.15) is 12.0 Å². The summed E-state index contributed by atoms with van der Waals surface area (Å²) < 4.78 is 18.0. The second kappa shape index (κ2) is 10.1. The van der Waals surface area contributed by atoms with Gasteiger partial charge in [-0.15, -0.1) is 11.8 Å². The smallest absolute Gasteiger partial charge is 0.276 e. The van der Waals surface area contributed by atoms with Crippen molar-refractivity contribution in [3.63, 3.8) is 0 Å². The number of halogens is 1. The lowest BCUT2D eigenvalue weighted by atomic mass is 10.2. The summed E-state index contributed by atoms with van der Waals surface area (Å²) in [5, 5.41) is 8.93. The number of carbonyl (C=O) groups excluding carboxylic acids is 2. The van der Waals surface area contributed by atoms with Gasteiger partial charge in [0.15, 0.2) is 6.61 Å². The molecule has 2 N–H and O–H groups in total. The SMILES string of the molecule is N#Cc1ccccc1OCC(=O)NNC(=O)CCSc1ccc(F)cc1. The van der Waals surface area contributed by atoms with Crippen LogP contribution < -0.4 is 15.6 Å². The van der Waals surface area contributed by atoms with E-state index in [0.717, 1.165) is 4.90 Å². The Morgan fingerprint density at radius 1 is 1.08 bits per heavy atom. The van der Waals surface area contributed by atoms with E-state index in [1.807, 2.05) is 6.07 Å². The maximum Gasteiger partial charge on any atom is 0.276 e. The van der Waals surface area contributed by atoms with E-state index in [9.17, 15) is 14.0 Å². The van der Waals surface area contributed by atoms with Crippen LogP contribution in [0.4, 0.5) is 4.39 Å². The molecule has 2 amide bonds. The molecule has 0 atom stereocenters. The van der Waals surface area contributed by atoms with Crippen LogP contribution in [-0.2, 0) is 9.59 Å². The topological polar surface area (TPSA) is 91.2 Å². The predicted molar refractivity (Wildman–Crippen MR) is 94.7 cm³/mol. The molecule has 2 aromatic carbocycles.